The van der Waals surface area contributed by atoms with Crippen LogP contribution < -0.4 is 16.1 Å². The van der Waals surface area contributed by atoms with Gasteiger partial charge < -0.3 is 15.7 Å². The lowest BCUT2D eigenvalue weighted by molar-refractivity contribution is -0.125. The highest BCUT2D eigenvalue weighted by atomic mass is 16.3. The SMILES string of the molecule is CC(C)C[C@H](NC(=O)c1cccnc1)C(=O)N[C@@H](C(C)C)[C@@H](O)c1c(-c2ccccc2)c1=O. The van der Waals surface area contributed by atoms with Crippen LogP contribution in [0.25, 0.3) is 11.1 Å². The van der Waals surface area contributed by atoms with Gasteiger partial charge in [0.2, 0.25) is 5.91 Å². The third-order valence-electron chi connectivity index (χ3n) is 5.66. The molecule has 1 aromatic heterocycles. The summed E-state index contributed by atoms with van der Waals surface area (Å²) in [6, 6.07) is 11.0. The molecule has 0 bridgehead atoms. The van der Waals surface area contributed by atoms with E-state index in [0.717, 1.165) is 5.56 Å². The second-order valence-electron chi connectivity index (χ2n) is 9.10. The van der Waals surface area contributed by atoms with Crippen molar-refractivity contribution in [3.63, 3.8) is 0 Å². The van der Waals surface area contributed by atoms with Gasteiger partial charge in [-0.05, 0) is 36.0 Å². The van der Waals surface area contributed by atoms with Crippen molar-refractivity contribution in [2.75, 3.05) is 0 Å². The molecule has 7 nitrogen and oxygen atoms in total. The summed E-state index contributed by atoms with van der Waals surface area (Å²) in [4.78, 5) is 42.2. The minimum atomic E-state index is -1.13. The Kier molecular flexibility index (Phi) is 7.76. The molecule has 3 aromatic rings. The lowest BCUT2D eigenvalue weighted by Crippen LogP contribution is -2.52. The number of pyridine rings is 1. The Morgan fingerprint density at radius 1 is 1.00 bits per heavy atom. The molecule has 0 radical (unpaired) electrons. The van der Waals surface area contributed by atoms with E-state index in [2.05, 4.69) is 15.6 Å². The molecular weight excluding hydrogens is 418 g/mol. The number of carbonyl (C=O) groups is 2. The summed E-state index contributed by atoms with van der Waals surface area (Å²) < 4.78 is 0. The van der Waals surface area contributed by atoms with Crippen LogP contribution in [0, 0.1) is 11.8 Å². The fourth-order valence-corrected chi connectivity index (χ4v) is 3.85. The van der Waals surface area contributed by atoms with Gasteiger partial charge in [-0.3, -0.25) is 19.4 Å². The van der Waals surface area contributed by atoms with E-state index in [4.69, 9.17) is 0 Å². The maximum Gasteiger partial charge on any atom is 0.253 e. The zero-order valence-electron chi connectivity index (χ0n) is 19.4. The molecule has 3 rings (SSSR count). The normalized spacial score (nSPS) is 14.3. The van der Waals surface area contributed by atoms with Crippen LogP contribution in [0.5, 0.6) is 0 Å². The molecule has 3 atom stereocenters. The van der Waals surface area contributed by atoms with E-state index in [9.17, 15) is 19.5 Å². The molecule has 3 N–H and O–H groups in total. The second kappa shape index (κ2) is 10.5. The number of benzene rings is 1. The fraction of sp³-hybridized carbons (Fsp3) is 0.385. The Bertz CT molecular complexity index is 1090. The molecule has 0 fully saturated rings. The molecule has 174 valence electrons. The van der Waals surface area contributed by atoms with Gasteiger partial charge in [0.25, 0.3) is 5.91 Å². The Morgan fingerprint density at radius 3 is 2.27 bits per heavy atom. The molecule has 0 unspecified atom stereocenters. The summed E-state index contributed by atoms with van der Waals surface area (Å²) in [6.45, 7) is 7.67. The Balaban J connectivity index is 1.76. The van der Waals surface area contributed by atoms with Crippen LogP contribution in [-0.4, -0.2) is 34.0 Å². The van der Waals surface area contributed by atoms with E-state index < -0.39 is 30.0 Å². The van der Waals surface area contributed by atoms with Gasteiger partial charge in [-0.25, -0.2) is 0 Å². The molecular formula is C26H31N3O4. The molecule has 2 aromatic carbocycles. The molecule has 0 aliphatic heterocycles. The number of aliphatic hydroxyl groups is 1. The van der Waals surface area contributed by atoms with Crippen LogP contribution in [0.2, 0.25) is 0 Å². The molecule has 7 heteroatoms. The number of nitrogens with zero attached hydrogens (tertiary/aromatic N) is 1. The summed E-state index contributed by atoms with van der Waals surface area (Å²) in [5, 5.41) is 16.7. The first-order chi connectivity index (χ1) is 15.7. The molecule has 0 saturated heterocycles. The Labute approximate surface area is 193 Å². The highest BCUT2D eigenvalue weighted by Crippen LogP contribution is 2.33. The lowest BCUT2D eigenvalue weighted by atomic mass is 9.94. The van der Waals surface area contributed by atoms with Gasteiger partial charge in [-0.15, -0.1) is 0 Å². The van der Waals surface area contributed by atoms with Gasteiger partial charge in [0.15, 0.2) is 5.43 Å². The highest BCUT2D eigenvalue weighted by molar-refractivity contribution is 5.97. The van der Waals surface area contributed by atoms with Crippen molar-refractivity contribution >= 4 is 11.8 Å². The number of amides is 2. The zero-order chi connectivity index (χ0) is 24.1. The maximum absolute atomic E-state index is 13.2. The number of hydrogen-bond acceptors (Lipinski definition) is 5. The van der Waals surface area contributed by atoms with Crippen LogP contribution in [0.3, 0.4) is 0 Å². The number of rotatable bonds is 10. The molecule has 0 aliphatic carbocycles. The van der Waals surface area contributed by atoms with Gasteiger partial charge in [-0.1, -0.05) is 58.0 Å². The van der Waals surface area contributed by atoms with Crippen molar-refractivity contribution in [3.8, 4) is 11.1 Å². The minimum Gasteiger partial charge on any atom is -0.386 e. The second-order valence-corrected chi connectivity index (χ2v) is 9.10. The van der Waals surface area contributed by atoms with E-state index in [1.807, 2.05) is 58.0 Å². The zero-order valence-corrected chi connectivity index (χ0v) is 19.4. The van der Waals surface area contributed by atoms with E-state index >= 15 is 0 Å². The largest absolute Gasteiger partial charge is 0.386 e. The number of carbonyl (C=O) groups excluding carboxylic acids is 2. The predicted molar refractivity (Wildman–Crippen MR) is 127 cm³/mol. The molecule has 0 aliphatic rings. The van der Waals surface area contributed by atoms with Gasteiger partial charge in [0, 0.05) is 23.5 Å². The van der Waals surface area contributed by atoms with Crippen LogP contribution in [-0.2, 0) is 4.79 Å². The molecule has 1 heterocycles. The average Bonchev–Trinajstić information content (AvgIpc) is 3.47. The number of aromatic nitrogens is 1. The van der Waals surface area contributed by atoms with Gasteiger partial charge in [0.1, 0.15) is 12.1 Å². The van der Waals surface area contributed by atoms with Crippen molar-refractivity contribution in [3.05, 3.63) is 76.2 Å². The number of nitrogens with one attached hydrogen (secondary N) is 2. The van der Waals surface area contributed by atoms with Crippen LogP contribution in [0.4, 0.5) is 0 Å². The highest BCUT2D eigenvalue weighted by Gasteiger charge is 2.37. The van der Waals surface area contributed by atoms with E-state index in [1.165, 1.54) is 6.20 Å². The van der Waals surface area contributed by atoms with Crippen molar-refractivity contribution < 1.29 is 14.7 Å². The van der Waals surface area contributed by atoms with E-state index in [0.29, 0.717) is 23.1 Å². The molecule has 2 amide bonds. The van der Waals surface area contributed by atoms with Gasteiger partial charge in [0.05, 0.1) is 11.6 Å². The summed E-state index contributed by atoms with van der Waals surface area (Å²) in [6.07, 6.45) is 2.30. The lowest BCUT2D eigenvalue weighted by Gasteiger charge is -2.29. The number of hydrogen-bond donors (Lipinski definition) is 3. The predicted octanol–water partition coefficient (Wildman–Crippen LogP) is 3.00. The first-order valence-corrected chi connectivity index (χ1v) is 11.2. The van der Waals surface area contributed by atoms with Gasteiger partial charge >= 0.3 is 0 Å². The van der Waals surface area contributed by atoms with Crippen LogP contribution in [0.15, 0.2) is 59.7 Å². The maximum atomic E-state index is 13.2. The summed E-state index contributed by atoms with van der Waals surface area (Å²) >= 11 is 0. The minimum absolute atomic E-state index is 0.143. The monoisotopic (exact) mass is 449 g/mol. The third-order valence-corrected chi connectivity index (χ3v) is 5.66. The first kappa shape index (κ1) is 24.3. The smallest absolute Gasteiger partial charge is 0.253 e. The average molecular weight is 450 g/mol. The Hall–Kier alpha value is -3.32. The summed E-state index contributed by atoms with van der Waals surface area (Å²) in [5.41, 5.74) is 1.77. The van der Waals surface area contributed by atoms with E-state index in [1.54, 1.807) is 18.3 Å². The fourth-order valence-electron chi connectivity index (χ4n) is 3.85. The van der Waals surface area contributed by atoms with Crippen molar-refractivity contribution in [1.29, 1.82) is 0 Å². The molecule has 0 saturated carbocycles. The molecule has 33 heavy (non-hydrogen) atoms. The quantitative estimate of drug-likeness (QED) is 0.441. The summed E-state index contributed by atoms with van der Waals surface area (Å²) in [5.74, 6) is -0.781. The van der Waals surface area contributed by atoms with Crippen molar-refractivity contribution in [1.82, 2.24) is 15.6 Å². The summed E-state index contributed by atoms with van der Waals surface area (Å²) in [7, 11) is 0. The number of aliphatic hydroxyl groups excluding tert-OH is 1. The standard InChI is InChI=1S/C26H31N3O4/c1-15(2)13-19(28-25(32)18-11-8-12-27-14-18)26(33)29-22(16(3)4)24(31)21-20(23(21)30)17-9-6-5-7-10-17/h5-12,14-16,19,22,24,31H,13H2,1-4H3,(H,28,32)(H,29,33)/t19-,22-,24-/m0/s1. The molecule has 0 spiro atoms. The first-order valence-electron chi connectivity index (χ1n) is 11.2. The van der Waals surface area contributed by atoms with Crippen molar-refractivity contribution in [2.45, 2.75) is 52.3 Å². The van der Waals surface area contributed by atoms with Gasteiger partial charge in [-0.2, -0.15) is 0 Å². The van der Waals surface area contributed by atoms with Crippen molar-refractivity contribution in [2.24, 2.45) is 11.8 Å². The Morgan fingerprint density at radius 2 is 1.70 bits per heavy atom. The van der Waals surface area contributed by atoms with Crippen LogP contribution >= 0.6 is 0 Å². The third kappa shape index (κ3) is 5.93. The topological polar surface area (TPSA) is 108 Å². The van der Waals surface area contributed by atoms with Crippen LogP contribution in [0.1, 0.15) is 56.1 Å². The van der Waals surface area contributed by atoms with E-state index in [-0.39, 0.29) is 17.3 Å².